The van der Waals surface area contributed by atoms with E-state index in [9.17, 15) is 9.59 Å². The highest BCUT2D eigenvalue weighted by Gasteiger charge is 2.26. The van der Waals surface area contributed by atoms with Gasteiger partial charge in [-0.2, -0.15) is 0 Å². The maximum absolute atomic E-state index is 12.7. The van der Waals surface area contributed by atoms with Gasteiger partial charge in [-0.05, 0) is 12.1 Å². The lowest BCUT2D eigenvalue weighted by atomic mass is 10.2. The molecule has 0 spiro atoms. The van der Waals surface area contributed by atoms with E-state index in [-0.39, 0.29) is 18.4 Å². The van der Waals surface area contributed by atoms with Crippen molar-refractivity contribution in [2.75, 3.05) is 53.0 Å². The minimum atomic E-state index is -0.175. The molecule has 0 bridgehead atoms. The average Bonchev–Trinajstić information content (AvgIpc) is 3.14. The van der Waals surface area contributed by atoms with Crippen molar-refractivity contribution < 1.29 is 19.1 Å². The van der Waals surface area contributed by atoms with Crippen molar-refractivity contribution in [1.82, 2.24) is 29.9 Å². The normalized spacial score (nSPS) is 14.5. The largest absolute Gasteiger partial charge is 0.482 e. The topological polar surface area (TPSA) is 102 Å². The Balaban J connectivity index is 1.35. The van der Waals surface area contributed by atoms with Crippen LogP contribution in [0.5, 0.6) is 11.6 Å². The molecule has 29 heavy (non-hydrogen) atoms. The second kappa shape index (κ2) is 9.87. The molecule has 10 nitrogen and oxygen atoms in total. The van der Waals surface area contributed by atoms with Crippen LogP contribution in [0.1, 0.15) is 10.4 Å². The molecule has 0 aromatic carbocycles. The fourth-order valence-corrected chi connectivity index (χ4v) is 3.10. The number of aryl methyl sites for hydroxylation is 1. The van der Waals surface area contributed by atoms with Gasteiger partial charge in [-0.15, -0.1) is 5.10 Å². The van der Waals surface area contributed by atoms with E-state index in [1.807, 2.05) is 0 Å². The van der Waals surface area contributed by atoms with Gasteiger partial charge < -0.3 is 19.7 Å². The third kappa shape index (κ3) is 5.67. The fraction of sp³-hybridized carbons (Fsp3) is 0.474. The highest BCUT2D eigenvalue weighted by Crippen LogP contribution is 2.18. The molecule has 156 valence electrons. The zero-order chi connectivity index (χ0) is 20.6. The summed E-state index contributed by atoms with van der Waals surface area (Å²) in [5.41, 5.74) is 0.476. The van der Waals surface area contributed by atoms with Crippen molar-refractivity contribution in [1.29, 1.82) is 0 Å². The lowest BCUT2D eigenvalue weighted by molar-refractivity contribution is -0.123. The van der Waals surface area contributed by atoms with E-state index in [0.29, 0.717) is 36.8 Å². The summed E-state index contributed by atoms with van der Waals surface area (Å²) in [6, 6.07) is 3.50. The molecule has 1 aliphatic rings. The second-order valence-corrected chi connectivity index (χ2v) is 6.69. The molecular weight excluding hydrogens is 376 g/mol. The number of piperazine rings is 1. The molecule has 3 rings (SSSR count). The van der Waals surface area contributed by atoms with Gasteiger partial charge in [-0.1, -0.05) is 0 Å². The zero-order valence-corrected chi connectivity index (χ0v) is 16.7. The maximum Gasteiger partial charge on any atom is 0.261 e. The smallest absolute Gasteiger partial charge is 0.261 e. The number of methoxy groups -OCH3 is 1. The van der Waals surface area contributed by atoms with E-state index in [1.165, 1.54) is 7.11 Å². The number of nitrogens with zero attached hydrogens (tertiary/aromatic N) is 5. The number of aromatic nitrogens is 3. The van der Waals surface area contributed by atoms with E-state index in [1.54, 1.807) is 47.4 Å². The second-order valence-electron chi connectivity index (χ2n) is 6.69. The Labute approximate surface area is 169 Å². The third-order valence-electron chi connectivity index (χ3n) is 4.63. The Morgan fingerprint density at radius 3 is 2.72 bits per heavy atom. The van der Waals surface area contributed by atoms with Crippen LogP contribution in [-0.4, -0.2) is 89.4 Å². The van der Waals surface area contributed by atoms with Crippen molar-refractivity contribution >= 4 is 11.8 Å². The SMILES string of the molecule is COc1nn(C)cc1C(=O)N1CCN(CCNC(=O)COc2cccnc2)CC1. The summed E-state index contributed by atoms with van der Waals surface area (Å²) < 4.78 is 12.1. The van der Waals surface area contributed by atoms with Gasteiger partial charge in [-0.25, -0.2) is 0 Å². The quantitative estimate of drug-likeness (QED) is 0.651. The molecule has 3 heterocycles. The number of pyridine rings is 1. The average molecular weight is 402 g/mol. The molecule has 1 fully saturated rings. The standard InChI is InChI=1S/C19H26N6O4/c1-23-13-16(18(22-23)28-2)19(27)25-10-8-24(9-11-25)7-6-21-17(26)14-29-15-4-3-5-20-12-15/h3-5,12-13H,6-11,14H2,1-2H3,(H,21,26). The monoisotopic (exact) mass is 402 g/mol. The van der Waals surface area contributed by atoms with Gasteiger partial charge in [0.25, 0.3) is 11.8 Å². The van der Waals surface area contributed by atoms with Gasteiger partial charge in [0.1, 0.15) is 11.3 Å². The molecule has 0 unspecified atom stereocenters. The zero-order valence-electron chi connectivity index (χ0n) is 16.7. The summed E-state index contributed by atoms with van der Waals surface area (Å²) >= 11 is 0. The van der Waals surface area contributed by atoms with Crippen LogP contribution in [0.15, 0.2) is 30.7 Å². The Morgan fingerprint density at radius 1 is 1.24 bits per heavy atom. The molecule has 1 aliphatic heterocycles. The van der Waals surface area contributed by atoms with Crippen LogP contribution in [0.3, 0.4) is 0 Å². The minimum Gasteiger partial charge on any atom is -0.482 e. The molecule has 10 heteroatoms. The first kappa shape index (κ1) is 20.6. The van der Waals surface area contributed by atoms with Crippen molar-refractivity contribution in [3.63, 3.8) is 0 Å². The van der Waals surface area contributed by atoms with E-state index in [4.69, 9.17) is 9.47 Å². The number of nitrogens with one attached hydrogen (secondary N) is 1. The number of amides is 2. The molecule has 0 saturated carbocycles. The summed E-state index contributed by atoms with van der Waals surface area (Å²) in [7, 11) is 3.26. The molecular formula is C19H26N6O4. The number of hydrogen-bond acceptors (Lipinski definition) is 7. The van der Waals surface area contributed by atoms with Crippen molar-refractivity contribution in [2.45, 2.75) is 0 Å². The molecule has 2 amide bonds. The lowest BCUT2D eigenvalue weighted by Crippen LogP contribution is -2.50. The van der Waals surface area contributed by atoms with E-state index >= 15 is 0 Å². The number of ether oxygens (including phenoxy) is 2. The van der Waals surface area contributed by atoms with Crippen LogP contribution >= 0.6 is 0 Å². The maximum atomic E-state index is 12.7. The number of carbonyl (C=O) groups is 2. The Hall–Kier alpha value is -3.14. The molecule has 0 atom stereocenters. The van der Waals surface area contributed by atoms with Gasteiger partial charge in [0.15, 0.2) is 6.61 Å². The highest BCUT2D eigenvalue weighted by molar-refractivity contribution is 5.96. The third-order valence-corrected chi connectivity index (χ3v) is 4.63. The molecule has 2 aromatic rings. The molecule has 0 radical (unpaired) electrons. The van der Waals surface area contributed by atoms with Gasteiger partial charge in [0, 0.05) is 58.7 Å². The number of hydrogen-bond donors (Lipinski definition) is 1. The predicted octanol–water partition coefficient (Wildman–Crippen LogP) is -0.223. The van der Waals surface area contributed by atoms with Crippen molar-refractivity contribution in [3.8, 4) is 11.6 Å². The molecule has 1 saturated heterocycles. The van der Waals surface area contributed by atoms with Crippen LogP contribution in [0.2, 0.25) is 0 Å². The molecule has 2 aromatic heterocycles. The van der Waals surface area contributed by atoms with E-state index in [2.05, 4.69) is 20.3 Å². The van der Waals surface area contributed by atoms with Gasteiger partial charge in [-0.3, -0.25) is 24.2 Å². The van der Waals surface area contributed by atoms with Crippen LogP contribution in [0, 0.1) is 0 Å². The summed E-state index contributed by atoms with van der Waals surface area (Å²) in [6.45, 7) is 3.94. The fourth-order valence-electron chi connectivity index (χ4n) is 3.10. The first-order valence-corrected chi connectivity index (χ1v) is 9.45. The highest BCUT2D eigenvalue weighted by atomic mass is 16.5. The molecule has 0 aliphatic carbocycles. The summed E-state index contributed by atoms with van der Waals surface area (Å²) in [4.78, 5) is 32.5. The van der Waals surface area contributed by atoms with E-state index in [0.717, 1.165) is 19.6 Å². The van der Waals surface area contributed by atoms with Crippen LogP contribution in [-0.2, 0) is 11.8 Å². The first-order chi connectivity index (χ1) is 14.1. The van der Waals surface area contributed by atoms with Crippen molar-refractivity contribution in [2.24, 2.45) is 7.05 Å². The Kier molecular flexibility index (Phi) is 7.01. The van der Waals surface area contributed by atoms with E-state index < -0.39 is 0 Å². The Bertz CT molecular complexity index is 817. The number of rotatable bonds is 8. The van der Waals surface area contributed by atoms with Gasteiger partial charge >= 0.3 is 0 Å². The minimum absolute atomic E-state index is 0.0408. The summed E-state index contributed by atoms with van der Waals surface area (Å²) in [6.07, 6.45) is 4.89. The number of carbonyl (C=O) groups excluding carboxylic acids is 2. The predicted molar refractivity (Wildman–Crippen MR) is 105 cm³/mol. The Morgan fingerprint density at radius 2 is 2.03 bits per heavy atom. The summed E-state index contributed by atoms with van der Waals surface area (Å²) in [5.74, 6) is 0.659. The first-order valence-electron chi connectivity index (χ1n) is 9.45. The van der Waals surface area contributed by atoms with Gasteiger partial charge in [0.2, 0.25) is 5.88 Å². The van der Waals surface area contributed by atoms with Gasteiger partial charge in [0.05, 0.1) is 13.3 Å². The summed E-state index contributed by atoms with van der Waals surface area (Å²) in [5, 5.41) is 6.98. The van der Waals surface area contributed by atoms with Crippen LogP contribution < -0.4 is 14.8 Å². The van der Waals surface area contributed by atoms with Crippen LogP contribution in [0.25, 0.3) is 0 Å². The lowest BCUT2D eigenvalue weighted by Gasteiger charge is -2.34. The molecule has 1 N–H and O–H groups in total. The van der Waals surface area contributed by atoms with Crippen LogP contribution in [0.4, 0.5) is 0 Å². The van der Waals surface area contributed by atoms with Crippen molar-refractivity contribution in [3.05, 3.63) is 36.3 Å².